The van der Waals surface area contributed by atoms with Crippen LogP contribution >= 0.6 is 0 Å². The van der Waals surface area contributed by atoms with Crippen LogP contribution in [0.25, 0.3) is 10.9 Å². The van der Waals surface area contributed by atoms with Gasteiger partial charge in [0.05, 0.1) is 5.52 Å². The fraction of sp³-hybridized carbons (Fsp3) is 0. The van der Waals surface area contributed by atoms with Gasteiger partial charge in [-0.25, -0.2) is 4.98 Å². The molecule has 0 fully saturated rings. The Balaban J connectivity index is 2.09. The van der Waals surface area contributed by atoms with Crippen LogP contribution < -0.4 is 0 Å². The lowest BCUT2D eigenvalue weighted by molar-refractivity contribution is 0.103. The Bertz CT molecular complexity index is 676. The summed E-state index contributed by atoms with van der Waals surface area (Å²) in [5, 5.41) is 7.15. The monoisotopic (exact) mass is 224 g/mol. The van der Waals surface area contributed by atoms with Gasteiger partial charge in [0.1, 0.15) is 6.33 Å². The van der Waals surface area contributed by atoms with Gasteiger partial charge < -0.3 is 0 Å². The zero-order valence-electron chi connectivity index (χ0n) is 8.79. The first-order chi connectivity index (χ1) is 8.34. The average Bonchev–Trinajstić information content (AvgIpc) is 2.91. The lowest BCUT2D eigenvalue weighted by Crippen LogP contribution is -2.03. The van der Waals surface area contributed by atoms with Crippen molar-refractivity contribution in [2.45, 2.75) is 0 Å². The van der Waals surface area contributed by atoms with Crippen molar-refractivity contribution >= 4 is 16.7 Å². The van der Waals surface area contributed by atoms with Crippen LogP contribution in [0.4, 0.5) is 0 Å². The molecule has 0 saturated carbocycles. The number of aromatic amines is 1. The number of fused-ring (bicyclic) bond motifs is 1. The molecule has 0 aliphatic rings. The van der Waals surface area contributed by atoms with Gasteiger partial charge in [0.25, 0.3) is 0 Å². The van der Waals surface area contributed by atoms with Gasteiger partial charge in [-0.3, -0.25) is 14.9 Å². The first kappa shape index (κ1) is 9.65. The van der Waals surface area contributed by atoms with Crippen LogP contribution in [0.15, 0.2) is 42.9 Å². The second-order valence-electron chi connectivity index (χ2n) is 3.57. The Hall–Kier alpha value is -2.56. The Morgan fingerprint density at radius 2 is 2.12 bits per heavy atom. The summed E-state index contributed by atoms with van der Waals surface area (Å²) in [6, 6.07) is 9.11. The summed E-state index contributed by atoms with van der Waals surface area (Å²) >= 11 is 0. The maximum absolute atomic E-state index is 12.0. The number of carbonyl (C=O) groups is 1. The molecule has 0 radical (unpaired) electrons. The third-order valence-electron chi connectivity index (χ3n) is 2.50. The van der Waals surface area contributed by atoms with Crippen molar-refractivity contribution < 1.29 is 4.79 Å². The van der Waals surface area contributed by atoms with Crippen molar-refractivity contribution in [2.24, 2.45) is 0 Å². The van der Waals surface area contributed by atoms with Gasteiger partial charge in [-0.15, -0.1) is 0 Å². The number of aromatic nitrogens is 4. The fourth-order valence-corrected chi connectivity index (χ4v) is 1.67. The van der Waals surface area contributed by atoms with Crippen LogP contribution in [0.1, 0.15) is 16.2 Å². The molecule has 0 amide bonds. The molecule has 82 valence electrons. The molecule has 2 aromatic heterocycles. The number of ketones is 1. The van der Waals surface area contributed by atoms with E-state index in [1.54, 1.807) is 18.3 Å². The van der Waals surface area contributed by atoms with Gasteiger partial charge in [-0.1, -0.05) is 6.07 Å². The number of hydrogen-bond acceptors (Lipinski definition) is 4. The number of nitrogens with zero attached hydrogens (tertiary/aromatic N) is 3. The van der Waals surface area contributed by atoms with E-state index in [2.05, 4.69) is 20.2 Å². The largest absolute Gasteiger partial charge is 0.285 e. The van der Waals surface area contributed by atoms with Crippen LogP contribution in [0.2, 0.25) is 0 Å². The van der Waals surface area contributed by atoms with Gasteiger partial charge >= 0.3 is 0 Å². The van der Waals surface area contributed by atoms with Crippen molar-refractivity contribution in [2.75, 3.05) is 0 Å². The molecule has 5 heteroatoms. The third kappa shape index (κ3) is 1.67. The summed E-state index contributed by atoms with van der Waals surface area (Å²) < 4.78 is 0. The van der Waals surface area contributed by atoms with Crippen LogP contribution in [-0.4, -0.2) is 25.9 Å². The molecule has 17 heavy (non-hydrogen) atoms. The number of benzene rings is 1. The Kier molecular flexibility index (Phi) is 2.15. The highest BCUT2D eigenvalue weighted by Crippen LogP contribution is 2.14. The molecule has 0 saturated heterocycles. The van der Waals surface area contributed by atoms with Crippen molar-refractivity contribution in [3.63, 3.8) is 0 Å². The molecular formula is C12H8N4O. The van der Waals surface area contributed by atoms with Gasteiger partial charge in [0.2, 0.25) is 5.78 Å². The summed E-state index contributed by atoms with van der Waals surface area (Å²) in [7, 11) is 0. The van der Waals surface area contributed by atoms with Crippen LogP contribution in [-0.2, 0) is 0 Å². The smallest absolute Gasteiger partial charge is 0.229 e. The minimum Gasteiger partial charge on any atom is -0.285 e. The molecule has 1 aromatic carbocycles. The lowest BCUT2D eigenvalue weighted by atomic mass is 10.1. The first-order valence-electron chi connectivity index (χ1n) is 5.09. The molecule has 3 aromatic rings. The molecule has 0 spiro atoms. The number of carbonyl (C=O) groups excluding carboxylic acids is 1. The highest BCUT2D eigenvalue weighted by Gasteiger charge is 2.12. The van der Waals surface area contributed by atoms with E-state index in [0.717, 1.165) is 10.9 Å². The van der Waals surface area contributed by atoms with Crippen LogP contribution in [0.5, 0.6) is 0 Å². The maximum Gasteiger partial charge on any atom is 0.229 e. The number of hydrogen-bond donors (Lipinski definition) is 1. The molecule has 0 bridgehead atoms. The van der Waals surface area contributed by atoms with E-state index in [4.69, 9.17) is 0 Å². The van der Waals surface area contributed by atoms with Crippen molar-refractivity contribution in [3.05, 3.63) is 54.2 Å². The number of nitrogens with one attached hydrogen (secondary N) is 1. The quantitative estimate of drug-likeness (QED) is 0.671. The molecule has 0 aliphatic heterocycles. The standard InChI is InChI=1S/C12H8N4O/c17-11(12-14-7-15-16-12)9-3-4-10-8(6-9)2-1-5-13-10/h1-7H,(H,14,15,16). The Morgan fingerprint density at radius 1 is 1.18 bits per heavy atom. The van der Waals surface area contributed by atoms with E-state index < -0.39 is 0 Å². The van der Waals surface area contributed by atoms with Gasteiger partial charge in [0, 0.05) is 17.1 Å². The van der Waals surface area contributed by atoms with E-state index in [9.17, 15) is 4.79 Å². The molecule has 0 aliphatic carbocycles. The van der Waals surface area contributed by atoms with Crippen LogP contribution in [0, 0.1) is 0 Å². The van der Waals surface area contributed by atoms with E-state index in [-0.39, 0.29) is 11.6 Å². The topological polar surface area (TPSA) is 71.5 Å². The SMILES string of the molecule is O=C(c1ccc2ncccc2c1)c1ncn[nH]1. The van der Waals surface area contributed by atoms with Crippen LogP contribution in [0.3, 0.4) is 0 Å². The first-order valence-corrected chi connectivity index (χ1v) is 5.09. The average molecular weight is 224 g/mol. The normalized spacial score (nSPS) is 10.6. The molecule has 1 N–H and O–H groups in total. The number of pyridine rings is 1. The highest BCUT2D eigenvalue weighted by molar-refractivity contribution is 6.08. The summed E-state index contributed by atoms with van der Waals surface area (Å²) in [6.07, 6.45) is 3.04. The maximum atomic E-state index is 12.0. The molecular weight excluding hydrogens is 216 g/mol. The summed E-state index contributed by atoms with van der Waals surface area (Å²) in [5.41, 5.74) is 1.43. The zero-order chi connectivity index (χ0) is 11.7. The van der Waals surface area contributed by atoms with E-state index >= 15 is 0 Å². The van der Waals surface area contributed by atoms with Gasteiger partial charge in [-0.2, -0.15) is 5.10 Å². The van der Waals surface area contributed by atoms with E-state index in [1.165, 1.54) is 6.33 Å². The molecule has 3 rings (SSSR count). The minimum absolute atomic E-state index is 0.173. The van der Waals surface area contributed by atoms with E-state index in [1.807, 2.05) is 18.2 Å². The summed E-state index contributed by atoms with van der Waals surface area (Å²) in [5.74, 6) is 0.0708. The van der Waals surface area contributed by atoms with Gasteiger partial charge in [-0.05, 0) is 24.3 Å². The lowest BCUT2D eigenvalue weighted by Gasteiger charge is -2.00. The Morgan fingerprint density at radius 3 is 2.94 bits per heavy atom. The number of rotatable bonds is 2. The highest BCUT2D eigenvalue weighted by atomic mass is 16.1. The predicted octanol–water partition coefficient (Wildman–Crippen LogP) is 1.58. The molecule has 5 nitrogen and oxygen atoms in total. The predicted molar refractivity (Wildman–Crippen MR) is 61.6 cm³/mol. The minimum atomic E-state index is -0.173. The van der Waals surface area contributed by atoms with Crippen molar-refractivity contribution in [1.82, 2.24) is 20.2 Å². The second-order valence-corrected chi connectivity index (χ2v) is 3.57. The fourth-order valence-electron chi connectivity index (χ4n) is 1.67. The summed E-state index contributed by atoms with van der Waals surface area (Å²) in [6.45, 7) is 0. The van der Waals surface area contributed by atoms with Crippen molar-refractivity contribution in [3.8, 4) is 0 Å². The third-order valence-corrected chi connectivity index (χ3v) is 2.50. The molecule has 0 atom stereocenters. The second kappa shape index (κ2) is 3.79. The van der Waals surface area contributed by atoms with Gasteiger partial charge in [0.15, 0.2) is 5.82 Å². The molecule has 0 unspecified atom stereocenters. The number of H-pyrrole nitrogens is 1. The van der Waals surface area contributed by atoms with Crippen molar-refractivity contribution in [1.29, 1.82) is 0 Å². The zero-order valence-corrected chi connectivity index (χ0v) is 8.79. The molecule has 2 heterocycles. The summed E-state index contributed by atoms with van der Waals surface area (Å²) in [4.78, 5) is 20.0. The Labute approximate surface area is 96.5 Å². The van der Waals surface area contributed by atoms with E-state index in [0.29, 0.717) is 5.56 Å².